The van der Waals surface area contributed by atoms with Crippen LogP contribution in [0.5, 0.6) is 0 Å². The molecule has 4 N–H and O–H groups in total. The largest absolute Gasteiger partial charge is 0.369 e. The summed E-state index contributed by atoms with van der Waals surface area (Å²) in [4.78, 5) is 11.4. The highest BCUT2D eigenvalue weighted by atomic mass is 16.1. The molecule has 2 heterocycles. The second kappa shape index (κ2) is 7.49. The predicted octanol–water partition coefficient (Wildman–Crippen LogP) is 2.15. The number of primary amides is 1. The number of hydrogen-bond acceptors (Lipinski definition) is 4. The standard InChI is InChI=1S/C18H25N5O/c1-2-6-16(14-7-4-3-5-8-14)20-9-13-10-21-18-15(17(19)24)11-22-23(18)12-13/h3-5,7-8,11,13,16,20-21H,2,6,9-10,12H2,1H3,(H2,19,24)/t13-,16-/m1/s1. The summed E-state index contributed by atoms with van der Waals surface area (Å²) in [5.74, 6) is 0.723. The van der Waals surface area contributed by atoms with Gasteiger partial charge in [-0.2, -0.15) is 5.10 Å². The van der Waals surface area contributed by atoms with Crippen molar-refractivity contribution in [2.24, 2.45) is 11.7 Å². The number of hydrogen-bond donors (Lipinski definition) is 3. The van der Waals surface area contributed by atoms with Crippen molar-refractivity contribution in [1.82, 2.24) is 15.1 Å². The van der Waals surface area contributed by atoms with Crippen LogP contribution in [0, 0.1) is 5.92 Å². The van der Waals surface area contributed by atoms with E-state index in [0.717, 1.165) is 38.3 Å². The first kappa shape index (κ1) is 16.5. The Balaban J connectivity index is 1.61. The molecule has 0 spiro atoms. The Morgan fingerprint density at radius 1 is 1.46 bits per heavy atom. The lowest BCUT2D eigenvalue weighted by atomic mass is 10.0. The molecule has 0 unspecified atom stereocenters. The number of nitrogens with one attached hydrogen (secondary N) is 2. The third-order valence-electron chi connectivity index (χ3n) is 4.53. The van der Waals surface area contributed by atoms with Gasteiger partial charge in [-0.25, -0.2) is 4.68 Å². The fraction of sp³-hybridized carbons (Fsp3) is 0.444. The van der Waals surface area contributed by atoms with E-state index in [1.54, 1.807) is 6.20 Å². The van der Waals surface area contributed by atoms with Gasteiger partial charge in [0.2, 0.25) is 0 Å². The highest BCUT2D eigenvalue weighted by molar-refractivity contribution is 5.97. The van der Waals surface area contributed by atoms with Crippen LogP contribution in [0.2, 0.25) is 0 Å². The SMILES string of the molecule is CCC[C@@H](NC[C@@H]1CNc2c(C(N)=O)cnn2C1)c1ccccc1. The van der Waals surface area contributed by atoms with Gasteiger partial charge in [0.05, 0.1) is 6.20 Å². The molecule has 6 heteroatoms. The van der Waals surface area contributed by atoms with Crippen molar-refractivity contribution in [2.45, 2.75) is 32.4 Å². The number of nitrogens with two attached hydrogens (primary N) is 1. The fourth-order valence-electron chi connectivity index (χ4n) is 3.25. The predicted molar refractivity (Wildman–Crippen MR) is 94.8 cm³/mol. The first-order valence-corrected chi connectivity index (χ1v) is 8.56. The zero-order valence-corrected chi connectivity index (χ0v) is 14.0. The molecule has 0 fully saturated rings. The van der Waals surface area contributed by atoms with E-state index in [1.165, 1.54) is 5.56 Å². The molecule has 1 aromatic heterocycles. The molecule has 2 aromatic rings. The maximum Gasteiger partial charge on any atom is 0.254 e. The fourth-order valence-corrected chi connectivity index (χ4v) is 3.25. The van der Waals surface area contributed by atoms with E-state index < -0.39 is 5.91 Å². The lowest BCUT2D eigenvalue weighted by Crippen LogP contribution is -2.37. The zero-order chi connectivity index (χ0) is 16.9. The molecule has 0 aliphatic carbocycles. The maximum atomic E-state index is 11.4. The minimum atomic E-state index is -0.438. The summed E-state index contributed by atoms with van der Waals surface area (Å²) in [6.45, 7) is 4.71. The summed E-state index contributed by atoms with van der Waals surface area (Å²) in [6, 6.07) is 10.9. The van der Waals surface area contributed by atoms with Gasteiger partial charge in [-0.1, -0.05) is 43.7 Å². The van der Waals surface area contributed by atoms with Gasteiger partial charge in [-0.05, 0) is 12.0 Å². The number of fused-ring (bicyclic) bond motifs is 1. The quantitative estimate of drug-likeness (QED) is 0.727. The van der Waals surface area contributed by atoms with Crippen molar-refractivity contribution in [3.8, 4) is 0 Å². The second-order valence-electron chi connectivity index (χ2n) is 6.36. The van der Waals surface area contributed by atoms with E-state index in [2.05, 4.69) is 46.9 Å². The van der Waals surface area contributed by atoms with Gasteiger partial charge in [0, 0.05) is 31.6 Å². The van der Waals surface area contributed by atoms with Crippen molar-refractivity contribution in [3.63, 3.8) is 0 Å². The minimum absolute atomic E-state index is 0.372. The molecule has 128 valence electrons. The molecule has 6 nitrogen and oxygen atoms in total. The summed E-state index contributed by atoms with van der Waals surface area (Å²) in [5.41, 5.74) is 7.17. The van der Waals surface area contributed by atoms with E-state index in [1.807, 2.05) is 10.7 Å². The molecule has 2 atom stereocenters. The summed E-state index contributed by atoms with van der Waals surface area (Å²) >= 11 is 0. The molecule has 0 saturated carbocycles. The molecule has 1 amide bonds. The Morgan fingerprint density at radius 3 is 2.96 bits per heavy atom. The smallest absolute Gasteiger partial charge is 0.254 e. The van der Waals surface area contributed by atoms with Crippen LogP contribution in [-0.2, 0) is 6.54 Å². The second-order valence-corrected chi connectivity index (χ2v) is 6.36. The molecular formula is C18H25N5O. The number of carbonyl (C=O) groups is 1. The molecule has 24 heavy (non-hydrogen) atoms. The van der Waals surface area contributed by atoms with Gasteiger partial charge >= 0.3 is 0 Å². The molecule has 0 radical (unpaired) electrons. The van der Waals surface area contributed by atoms with Crippen LogP contribution in [-0.4, -0.2) is 28.8 Å². The van der Waals surface area contributed by atoms with Crippen molar-refractivity contribution in [2.75, 3.05) is 18.4 Å². The number of carbonyl (C=O) groups excluding carboxylic acids is 1. The van der Waals surface area contributed by atoms with Crippen LogP contribution in [0.4, 0.5) is 5.82 Å². The Bertz CT molecular complexity index is 682. The van der Waals surface area contributed by atoms with Gasteiger partial charge in [0.1, 0.15) is 11.4 Å². The summed E-state index contributed by atoms with van der Waals surface area (Å²) in [6.07, 6.45) is 3.80. The lowest BCUT2D eigenvalue weighted by Gasteiger charge is -2.28. The normalized spacial score (nSPS) is 17.8. The summed E-state index contributed by atoms with van der Waals surface area (Å²) < 4.78 is 1.84. The zero-order valence-electron chi connectivity index (χ0n) is 14.0. The summed E-state index contributed by atoms with van der Waals surface area (Å²) in [5, 5.41) is 11.3. The van der Waals surface area contributed by atoms with Crippen LogP contribution < -0.4 is 16.4 Å². The summed E-state index contributed by atoms with van der Waals surface area (Å²) in [7, 11) is 0. The van der Waals surface area contributed by atoms with Crippen LogP contribution in [0.3, 0.4) is 0 Å². The number of benzene rings is 1. The Kier molecular flexibility index (Phi) is 5.15. The van der Waals surface area contributed by atoms with Crippen LogP contribution in [0.1, 0.15) is 41.7 Å². The van der Waals surface area contributed by atoms with Gasteiger partial charge in [0.15, 0.2) is 0 Å². The highest BCUT2D eigenvalue weighted by Crippen LogP contribution is 2.23. The average molecular weight is 327 g/mol. The lowest BCUT2D eigenvalue weighted by molar-refractivity contribution is 0.100. The van der Waals surface area contributed by atoms with Gasteiger partial charge in [-0.15, -0.1) is 0 Å². The van der Waals surface area contributed by atoms with Crippen molar-refractivity contribution in [1.29, 1.82) is 0 Å². The van der Waals surface area contributed by atoms with Crippen molar-refractivity contribution in [3.05, 3.63) is 47.7 Å². The molecule has 0 saturated heterocycles. The monoisotopic (exact) mass is 327 g/mol. The first-order valence-electron chi connectivity index (χ1n) is 8.56. The third-order valence-corrected chi connectivity index (χ3v) is 4.53. The van der Waals surface area contributed by atoms with E-state index in [9.17, 15) is 4.79 Å². The van der Waals surface area contributed by atoms with Crippen LogP contribution in [0.25, 0.3) is 0 Å². The van der Waals surface area contributed by atoms with E-state index in [4.69, 9.17) is 5.73 Å². The molecule has 1 aliphatic heterocycles. The van der Waals surface area contributed by atoms with Crippen molar-refractivity contribution >= 4 is 11.7 Å². The highest BCUT2D eigenvalue weighted by Gasteiger charge is 2.24. The van der Waals surface area contributed by atoms with Crippen LogP contribution in [0.15, 0.2) is 36.5 Å². The Morgan fingerprint density at radius 2 is 2.25 bits per heavy atom. The Labute approximate surface area is 142 Å². The number of nitrogens with zero attached hydrogens (tertiary/aromatic N) is 2. The Hall–Kier alpha value is -2.34. The first-order chi connectivity index (χ1) is 11.7. The van der Waals surface area contributed by atoms with Gasteiger partial charge in [0.25, 0.3) is 5.91 Å². The molecule has 0 bridgehead atoms. The van der Waals surface area contributed by atoms with E-state index in [0.29, 0.717) is 17.5 Å². The van der Waals surface area contributed by atoms with E-state index in [-0.39, 0.29) is 0 Å². The topological polar surface area (TPSA) is 85.0 Å². The molecule has 1 aliphatic rings. The third kappa shape index (κ3) is 3.59. The molecule has 1 aromatic carbocycles. The number of amides is 1. The van der Waals surface area contributed by atoms with Gasteiger partial charge < -0.3 is 16.4 Å². The number of aromatic nitrogens is 2. The molecule has 3 rings (SSSR count). The number of anilines is 1. The van der Waals surface area contributed by atoms with Gasteiger partial charge in [-0.3, -0.25) is 4.79 Å². The van der Waals surface area contributed by atoms with Crippen LogP contribution >= 0.6 is 0 Å². The minimum Gasteiger partial charge on any atom is -0.369 e. The average Bonchev–Trinajstić information content (AvgIpc) is 3.03. The maximum absolute atomic E-state index is 11.4. The molecular weight excluding hydrogens is 302 g/mol. The van der Waals surface area contributed by atoms with E-state index >= 15 is 0 Å². The van der Waals surface area contributed by atoms with Crippen molar-refractivity contribution < 1.29 is 4.79 Å². The number of rotatable bonds is 7.